The van der Waals surface area contributed by atoms with Gasteiger partial charge < -0.3 is 21.7 Å². The second-order valence-corrected chi connectivity index (χ2v) is 7.12. The zero-order chi connectivity index (χ0) is 18.2. The Bertz CT molecular complexity index is 416. The number of hydrogen-bond donors (Lipinski definition) is 4. The van der Waals surface area contributed by atoms with Crippen LogP contribution in [0.4, 0.5) is 4.79 Å². The molecule has 7 heteroatoms. The fourth-order valence-electron chi connectivity index (χ4n) is 2.34. The van der Waals surface area contributed by atoms with Crippen molar-refractivity contribution in [2.75, 3.05) is 13.6 Å². The number of nitrogens with two attached hydrogens (primary N) is 1. The Labute approximate surface area is 139 Å². The van der Waals surface area contributed by atoms with E-state index < -0.39 is 17.5 Å². The molecule has 0 rings (SSSR count). The van der Waals surface area contributed by atoms with Crippen LogP contribution in [0.15, 0.2) is 0 Å². The van der Waals surface area contributed by atoms with Crippen LogP contribution in [0.3, 0.4) is 0 Å². The number of Topliss-reactive ketones (excluding diaryl/α,β-unsaturated/α-hetero) is 1. The van der Waals surface area contributed by atoms with Gasteiger partial charge in [-0.25, -0.2) is 4.79 Å². The first-order chi connectivity index (χ1) is 10.5. The van der Waals surface area contributed by atoms with Gasteiger partial charge in [-0.1, -0.05) is 34.6 Å². The molecule has 0 saturated carbocycles. The van der Waals surface area contributed by atoms with Gasteiger partial charge in [-0.3, -0.25) is 9.59 Å². The fraction of sp³-hybridized carbons (Fsp3) is 0.812. The highest BCUT2D eigenvalue weighted by Crippen LogP contribution is 2.19. The summed E-state index contributed by atoms with van der Waals surface area (Å²) >= 11 is 0. The van der Waals surface area contributed by atoms with E-state index >= 15 is 0 Å². The molecule has 0 aliphatic rings. The predicted molar refractivity (Wildman–Crippen MR) is 90.9 cm³/mol. The van der Waals surface area contributed by atoms with Gasteiger partial charge in [-0.2, -0.15) is 0 Å². The molecule has 5 N–H and O–H groups in total. The van der Waals surface area contributed by atoms with Crippen LogP contribution < -0.4 is 21.7 Å². The highest BCUT2D eigenvalue weighted by atomic mass is 16.2. The maximum absolute atomic E-state index is 12.6. The van der Waals surface area contributed by atoms with E-state index in [0.717, 1.165) is 0 Å². The summed E-state index contributed by atoms with van der Waals surface area (Å²) in [6, 6.07) is -1.52. The number of amides is 3. The maximum atomic E-state index is 12.6. The zero-order valence-corrected chi connectivity index (χ0v) is 15.2. The molecule has 0 aliphatic heterocycles. The lowest BCUT2D eigenvalue weighted by atomic mass is 9.84. The average Bonchev–Trinajstić information content (AvgIpc) is 2.40. The summed E-state index contributed by atoms with van der Waals surface area (Å²) in [6.45, 7) is 9.74. The Morgan fingerprint density at radius 2 is 1.70 bits per heavy atom. The first kappa shape index (κ1) is 21.4. The van der Waals surface area contributed by atoms with E-state index in [1.54, 1.807) is 7.05 Å². The molecule has 2 unspecified atom stereocenters. The van der Waals surface area contributed by atoms with Gasteiger partial charge in [0.15, 0.2) is 5.78 Å². The van der Waals surface area contributed by atoms with Crippen LogP contribution in [0.1, 0.15) is 47.5 Å². The first-order valence-electron chi connectivity index (χ1n) is 8.06. The largest absolute Gasteiger partial charge is 0.352 e. The Morgan fingerprint density at radius 1 is 1.13 bits per heavy atom. The Kier molecular flexibility index (Phi) is 8.82. The molecule has 0 heterocycles. The number of primary amides is 1. The molecular formula is C16H32N4O3. The minimum atomic E-state index is -0.595. The lowest BCUT2D eigenvalue weighted by Crippen LogP contribution is -2.53. The minimum absolute atomic E-state index is 0.0245. The number of carbonyl (C=O) groups excluding carboxylic acids is 3. The van der Waals surface area contributed by atoms with E-state index in [2.05, 4.69) is 16.0 Å². The summed E-state index contributed by atoms with van der Waals surface area (Å²) in [5.41, 5.74) is 4.46. The predicted octanol–water partition coefficient (Wildman–Crippen LogP) is 0.779. The van der Waals surface area contributed by atoms with Gasteiger partial charge in [0.2, 0.25) is 5.91 Å². The van der Waals surface area contributed by atoms with Crippen LogP contribution in [0.2, 0.25) is 0 Å². The summed E-state index contributed by atoms with van der Waals surface area (Å²) in [6.07, 6.45) is 1.01. The van der Waals surface area contributed by atoms with Gasteiger partial charge in [0, 0.05) is 12.0 Å². The van der Waals surface area contributed by atoms with Crippen molar-refractivity contribution < 1.29 is 14.4 Å². The van der Waals surface area contributed by atoms with Crippen molar-refractivity contribution in [1.82, 2.24) is 16.0 Å². The van der Waals surface area contributed by atoms with Crippen molar-refractivity contribution in [3.63, 3.8) is 0 Å². The molecule has 0 bridgehead atoms. The van der Waals surface area contributed by atoms with E-state index in [-0.39, 0.29) is 23.7 Å². The van der Waals surface area contributed by atoms with Gasteiger partial charge in [0.25, 0.3) is 0 Å². The second kappa shape index (κ2) is 9.50. The molecule has 0 radical (unpaired) electrons. The molecule has 0 aliphatic carbocycles. The lowest BCUT2D eigenvalue weighted by molar-refractivity contribution is -0.133. The summed E-state index contributed by atoms with van der Waals surface area (Å²) < 4.78 is 0. The van der Waals surface area contributed by atoms with Gasteiger partial charge in [-0.15, -0.1) is 0 Å². The number of urea groups is 1. The highest BCUT2D eigenvalue weighted by Gasteiger charge is 2.32. The van der Waals surface area contributed by atoms with E-state index in [1.165, 1.54) is 0 Å². The van der Waals surface area contributed by atoms with Crippen LogP contribution in [0, 0.1) is 11.3 Å². The molecule has 2 atom stereocenters. The third-order valence-electron chi connectivity index (χ3n) is 3.60. The molecule has 0 saturated heterocycles. The van der Waals surface area contributed by atoms with Gasteiger partial charge in [0.1, 0.15) is 0 Å². The monoisotopic (exact) mass is 328 g/mol. The van der Waals surface area contributed by atoms with E-state index in [0.29, 0.717) is 19.4 Å². The first-order valence-corrected chi connectivity index (χ1v) is 8.06. The molecule has 134 valence electrons. The van der Waals surface area contributed by atoms with Gasteiger partial charge >= 0.3 is 6.03 Å². The summed E-state index contributed by atoms with van der Waals surface area (Å²) in [5, 5.41) is 8.31. The maximum Gasteiger partial charge on any atom is 0.312 e. The van der Waals surface area contributed by atoms with Crippen molar-refractivity contribution in [2.24, 2.45) is 17.1 Å². The fourth-order valence-corrected chi connectivity index (χ4v) is 2.34. The molecule has 0 spiro atoms. The van der Waals surface area contributed by atoms with Gasteiger partial charge in [0.05, 0.1) is 12.1 Å². The molecule has 7 nitrogen and oxygen atoms in total. The molecule has 0 aromatic rings. The SMILES string of the molecule is CNC(C(=O)NC(CCCNC(N)=O)C(=O)C(C)(C)C)C(C)C. The Hall–Kier alpha value is -1.63. The number of nitrogens with one attached hydrogen (secondary N) is 3. The van der Waals surface area contributed by atoms with E-state index in [9.17, 15) is 14.4 Å². The van der Waals surface area contributed by atoms with Gasteiger partial charge in [-0.05, 0) is 25.8 Å². The molecular weight excluding hydrogens is 296 g/mol. The van der Waals surface area contributed by atoms with Crippen LogP contribution in [-0.2, 0) is 9.59 Å². The van der Waals surface area contributed by atoms with Crippen molar-refractivity contribution >= 4 is 17.7 Å². The Morgan fingerprint density at radius 3 is 2.09 bits per heavy atom. The van der Waals surface area contributed by atoms with E-state index in [1.807, 2.05) is 34.6 Å². The van der Waals surface area contributed by atoms with Crippen LogP contribution in [0.25, 0.3) is 0 Å². The lowest BCUT2D eigenvalue weighted by Gasteiger charge is -2.28. The van der Waals surface area contributed by atoms with E-state index in [4.69, 9.17) is 5.73 Å². The zero-order valence-electron chi connectivity index (χ0n) is 15.2. The van der Waals surface area contributed by atoms with Crippen molar-refractivity contribution in [1.29, 1.82) is 0 Å². The summed E-state index contributed by atoms with van der Waals surface area (Å²) in [4.78, 5) is 35.6. The number of carbonyl (C=O) groups is 3. The highest BCUT2D eigenvalue weighted by molar-refractivity contribution is 5.93. The number of rotatable bonds is 9. The number of likely N-dealkylation sites (N-methyl/N-ethyl adjacent to an activating group) is 1. The van der Waals surface area contributed by atoms with Crippen LogP contribution in [-0.4, -0.2) is 43.4 Å². The van der Waals surface area contributed by atoms with Crippen molar-refractivity contribution in [2.45, 2.75) is 59.5 Å². The topological polar surface area (TPSA) is 113 Å². The molecule has 0 aromatic carbocycles. The number of hydrogen-bond acceptors (Lipinski definition) is 4. The van der Waals surface area contributed by atoms with Crippen molar-refractivity contribution in [3.8, 4) is 0 Å². The quantitative estimate of drug-likeness (QED) is 0.468. The normalized spacial score (nSPS) is 14.2. The van der Waals surface area contributed by atoms with Crippen LogP contribution in [0.5, 0.6) is 0 Å². The average molecular weight is 328 g/mol. The number of ketones is 1. The van der Waals surface area contributed by atoms with Crippen LogP contribution >= 0.6 is 0 Å². The molecule has 3 amide bonds. The summed E-state index contributed by atoms with van der Waals surface area (Å²) in [7, 11) is 1.72. The minimum Gasteiger partial charge on any atom is -0.352 e. The van der Waals surface area contributed by atoms with Crippen molar-refractivity contribution in [3.05, 3.63) is 0 Å². The Balaban J connectivity index is 4.88. The third-order valence-corrected chi connectivity index (χ3v) is 3.60. The standard InChI is InChI=1S/C16H32N4O3/c1-10(2)12(18-6)14(22)20-11(13(21)16(3,4)5)8-7-9-19-15(17)23/h10-12,18H,7-9H2,1-6H3,(H,20,22)(H3,17,19,23). The third kappa shape index (κ3) is 7.97. The molecule has 0 aromatic heterocycles. The molecule has 23 heavy (non-hydrogen) atoms. The summed E-state index contributed by atoms with van der Waals surface area (Å²) in [5.74, 6) is -0.0987. The molecule has 0 fully saturated rings. The second-order valence-electron chi connectivity index (χ2n) is 7.12. The smallest absolute Gasteiger partial charge is 0.312 e.